The molecule has 2 aromatic rings. The van der Waals surface area contributed by atoms with Gasteiger partial charge in [-0.1, -0.05) is 6.07 Å². The largest absolute Gasteiger partial charge is 0.348 e. The van der Waals surface area contributed by atoms with Gasteiger partial charge in [0.2, 0.25) is 0 Å². The Morgan fingerprint density at radius 1 is 1.35 bits per heavy atom. The van der Waals surface area contributed by atoms with E-state index >= 15 is 0 Å². The highest BCUT2D eigenvalue weighted by Crippen LogP contribution is 2.07. The molecular weight excluding hydrogens is 254 g/mol. The molecule has 0 bridgehead atoms. The van der Waals surface area contributed by atoms with Crippen LogP contribution in [0.15, 0.2) is 36.9 Å². The molecule has 0 saturated carbocycles. The molecule has 0 atom stereocenters. The maximum Gasteiger partial charge on any atom is 0.270 e. The second-order valence-corrected chi connectivity index (χ2v) is 4.85. The number of rotatable bonds is 3. The maximum atomic E-state index is 12.2. The number of amides is 1. The van der Waals surface area contributed by atoms with E-state index in [1.807, 2.05) is 12.1 Å². The SMILES string of the molecule is O=C(NC1CCNCC1)c1cccc(-n2ccnc2)n1. The first-order valence-corrected chi connectivity index (χ1v) is 6.80. The van der Waals surface area contributed by atoms with Crippen molar-refractivity contribution in [1.29, 1.82) is 0 Å². The quantitative estimate of drug-likeness (QED) is 0.864. The van der Waals surface area contributed by atoms with Crippen molar-refractivity contribution in [1.82, 2.24) is 25.2 Å². The van der Waals surface area contributed by atoms with Crippen LogP contribution in [0.4, 0.5) is 0 Å². The van der Waals surface area contributed by atoms with Crippen molar-refractivity contribution in [2.75, 3.05) is 13.1 Å². The fraction of sp³-hybridized carbons (Fsp3) is 0.357. The van der Waals surface area contributed by atoms with Crippen LogP contribution in [0, 0.1) is 0 Å². The lowest BCUT2D eigenvalue weighted by molar-refractivity contribution is 0.0924. The summed E-state index contributed by atoms with van der Waals surface area (Å²) in [5.41, 5.74) is 0.440. The van der Waals surface area contributed by atoms with Crippen LogP contribution in [-0.4, -0.2) is 39.6 Å². The average molecular weight is 271 g/mol. The number of hydrogen-bond acceptors (Lipinski definition) is 4. The molecule has 0 spiro atoms. The van der Waals surface area contributed by atoms with Crippen molar-refractivity contribution in [3.8, 4) is 5.82 Å². The Kier molecular flexibility index (Phi) is 3.73. The molecule has 1 saturated heterocycles. The molecule has 6 heteroatoms. The van der Waals surface area contributed by atoms with E-state index in [1.54, 1.807) is 29.4 Å². The number of piperidine rings is 1. The van der Waals surface area contributed by atoms with E-state index in [9.17, 15) is 4.79 Å². The molecule has 104 valence electrons. The Morgan fingerprint density at radius 3 is 2.95 bits per heavy atom. The third-order valence-corrected chi connectivity index (χ3v) is 3.41. The van der Waals surface area contributed by atoms with Crippen LogP contribution in [0.1, 0.15) is 23.3 Å². The lowest BCUT2D eigenvalue weighted by Gasteiger charge is -2.23. The van der Waals surface area contributed by atoms with Crippen LogP contribution in [0.5, 0.6) is 0 Å². The molecule has 2 N–H and O–H groups in total. The molecule has 0 aromatic carbocycles. The Morgan fingerprint density at radius 2 is 2.20 bits per heavy atom. The molecule has 6 nitrogen and oxygen atoms in total. The third kappa shape index (κ3) is 2.85. The third-order valence-electron chi connectivity index (χ3n) is 3.41. The van der Waals surface area contributed by atoms with Crippen molar-refractivity contribution in [2.45, 2.75) is 18.9 Å². The predicted molar refractivity (Wildman–Crippen MR) is 74.7 cm³/mol. The maximum absolute atomic E-state index is 12.2. The molecule has 1 amide bonds. The molecule has 3 heterocycles. The summed E-state index contributed by atoms with van der Waals surface area (Å²) in [6, 6.07) is 5.65. The van der Waals surface area contributed by atoms with Gasteiger partial charge >= 0.3 is 0 Å². The Hall–Kier alpha value is -2.21. The van der Waals surface area contributed by atoms with Crippen LogP contribution in [0.2, 0.25) is 0 Å². The number of carbonyl (C=O) groups excluding carboxylic acids is 1. The number of imidazole rings is 1. The smallest absolute Gasteiger partial charge is 0.270 e. The summed E-state index contributed by atoms with van der Waals surface area (Å²) in [7, 11) is 0. The zero-order valence-electron chi connectivity index (χ0n) is 11.1. The van der Waals surface area contributed by atoms with Gasteiger partial charge in [0.05, 0.1) is 0 Å². The molecule has 0 aliphatic carbocycles. The Bertz CT molecular complexity index is 575. The van der Waals surface area contributed by atoms with Crippen LogP contribution >= 0.6 is 0 Å². The van der Waals surface area contributed by atoms with Gasteiger partial charge < -0.3 is 10.6 Å². The lowest BCUT2D eigenvalue weighted by Crippen LogP contribution is -2.42. The van der Waals surface area contributed by atoms with Gasteiger partial charge in [-0.05, 0) is 38.1 Å². The summed E-state index contributed by atoms with van der Waals surface area (Å²) in [5, 5.41) is 6.32. The van der Waals surface area contributed by atoms with Crippen LogP contribution in [0.25, 0.3) is 5.82 Å². The topological polar surface area (TPSA) is 71.8 Å². The van der Waals surface area contributed by atoms with Crippen molar-refractivity contribution in [2.24, 2.45) is 0 Å². The summed E-state index contributed by atoms with van der Waals surface area (Å²) < 4.78 is 1.78. The number of hydrogen-bond donors (Lipinski definition) is 2. The minimum atomic E-state index is -0.112. The fourth-order valence-corrected chi connectivity index (χ4v) is 2.31. The molecule has 0 radical (unpaired) electrons. The van der Waals surface area contributed by atoms with E-state index < -0.39 is 0 Å². The molecule has 1 fully saturated rings. The van der Waals surface area contributed by atoms with Gasteiger partial charge in [0.25, 0.3) is 5.91 Å². The van der Waals surface area contributed by atoms with Gasteiger partial charge in [-0.15, -0.1) is 0 Å². The van der Waals surface area contributed by atoms with Crippen LogP contribution in [-0.2, 0) is 0 Å². The normalized spacial score (nSPS) is 16.0. The number of nitrogens with one attached hydrogen (secondary N) is 2. The van der Waals surface area contributed by atoms with Crippen LogP contribution < -0.4 is 10.6 Å². The van der Waals surface area contributed by atoms with E-state index in [4.69, 9.17) is 0 Å². The summed E-state index contributed by atoms with van der Waals surface area (Å²) in [5.74, 6) is 0.583. The molecule has 0 unspecified atom stereocenters. The molecular formula is C14H17N5O. The molecule has 1 aliphatic rings. The zero-order valence-corrected chi connectivity index (χ0v) is 11.1. The van der Waals surface area contributed by atoms with E-state index in [1.165, 1.54) is 0 Å². The van der Waals surface area contributed by atoms with Gasteiger partial charge in [0.15, 0.2) is 0 Å². The Labute approximate surface area is 117 Å². The van der Waals surface area contributed by atoms with Crippen molar-refractivity contribution < 1.29 is 4.79 Å². The van der Waals surface area contributed by atoms with Gasteiger partial charge in [-0.2, -0.15) is 0 Å². The highest BCUT2D eigenvalue weighted by atomic mass is 16.1. The highest BCUT2D eigenvalue weighted by Gasteiger charge is 2.17. The average Bonchev–Trinajstić information content (AvgIpc) is 3.03. The van der Waals surface area contributed by atoms with Gasteiger partial charge in [0.1, 0.15) is 17.8 Å². The Balaban J connectivity index is 1.73. The van der Waals surface area contributed by atoms with Gasteiger partial charge in [-0.3, -0.25) is 9.36 Å². The number of pyridine rings is 1. The van der Waals surface area contributed by atoms with Crippen molar-refractivity contribution >= 4 is 5.91 Å². The number of carbonyl (C=O) groups is 1. The number of nitrogens with zero attached hydrogens (tertiary/aromatic N) is 3. The van der Waals surface area contributed by atoms with Gasteiger partial charge in [-0.25, -0.2) is 9.97 Å². The fourth-order valence-electron chi connectivity index (χ4n) is 2.31. The summed E-state index contributed by atoms with van der Waals surface area (Å²) >= 11 is 0. The first-order chi connectivity index (χ1) is 9.83. The van der Waals surface area contributed by atoms with E-state index in [-0.39, 0.29) is 11.9 Å². The van der Waals surface area contributed by atoms with Crippen molar-refractivity contribution in [3.05, 3.63) is 42.6 Å². The van der Waals surface area contributed by atoms with E-state index in [0.29, 0.717) is 11.5 Å². The van der Waals surface area contributed by atoms with Crippen LogP contribution in [0.3, 0.4) is 0 Å². The second kappa shape index (κ2) is 5.83. The zero-order chi connectivity index (χ0) is 13.8. The summed E-state index contributed by atoms with van der Waals surface area (Å²) in [6.07, 6.45) is 7.08. The summed E-state index contributed by atoms with van der Waals surface area (Å²) in [4.78, 5) is 20.6. The summed E-state index contributed by atoms with van der Waals surface area (Å²) in [6.45, 7) is 1.90. The first-order valence-electron chi connectivity index (χ1n) is 6.80. The lowest BCUT2D eigenvalue weighted by atomic mass is 10.1. The first kappa shape index (κ1) is 12.8. The molecule has 2 aromatic heterocycles. The highest BCUT2D eigenvalue weighted by molar-refractivity contribution is 5.92. The number of aromatic nitrogens is 3. The minimum absolute atomic E-state index is 0.112. The molecule has 20 heavy (non-hydrogen) atoms. The van der Waals surface area contributed by atoms with Gasteiger partial charge in [0, 0.05) is 18.4 Å². The van der Waals surface area contributed by atoms with Crippen molar-refractivity contribution in [3.63, 3.8) is 0 Å². The van der Waals surface area contributed by atoms with E-state index in [2.05, 4.69) is 20.6 Å². The molecule has 3 rings (SSSR count). The second-order valence-electron chi connectivity index (χ2n) is 4.85. The monoisotopic (exact) mass is 271 g/mol. The molecule has 1 aliphatic heterocycles. The standard InChI is InChI=1S/C14H17N5O/c20-14(17-11-4-6-15-7-5-11)12-2-1-3-13(18-12)19-9-8-16-10-19/h1-3,8-11,15H,4-7H2,(H,17,20). The minimum Gasteiger partial charge on any atom is -0.348 e. The predicted octanol–water partition coefficient (Wildman–Crippen LogP) is 0.749. The van der Waals surface area contributed by atoms with E-state index in [0.717, 1.165) is 25.9 Å².